The highest BCUT2D eigenvalue weighted by Gasteiger charge is 2.17. The minimum Gasteiger partial charge on any atom is -0.254 e. The zero-order chi connectivity index (χ0) is 35.6. The number of hydrogen-bond acceptors (Lipinski definition) is 4. The summed E-state index contributed by atoms with van der Waals surface area (Å²) in [6, 6.07) is 61.7. The Balaban J connectivity index is 1.00. The van der Waals surface area contributed by atoms with E-state index in [0.717, 1.165) is 83.1 Å². The van der Waals surface area contributed by atoms with Gasteiger partial charge >= 0.3 is 0 Å². The first-order valence-electron chi connectivity index (χ1n) is 18.2. The van der Waals surface area contributed by atoms with Gasteiger partial charge in [0.05, 0.1) is 39.3 Å². The van der Waals surface area contributed by atoms with Crippen LogP contribution in [0.15, 0.2) is 182 Å². The molecule has 4 aromatic heterocycles. The number of fused-ring (bicyclic) bond motifs is 11. The second kappa shape index (κ2) is 12.1. The zero-order valence-corrected chi connectivity index (χ0v) is 29.1. The van der Waals surface area contributed by atoms with Crippen molar-refractivity contribution in [3.8, 4) is 45.0 Å². The number of hydrogen-bond donors (Lipinski definition) is 0. The maximum Gasteiger partial charge on any atom is 0.0973 e. The van der Waals surface area contributed by atoms with E-state index in [1.54, 1.807) is 0 Å². The molecule has 0 aliphatic carbocycles. The van der Waals surface area contributed by atoms with Crippen LogP contribution in [0.5, 0.6) is 0 Å². The van der Waals surface area contributed by atoms with Crippen LogP contribution in [-0.4, -0.2) is 19.9 Å². The normalized spacial score (nSPS) is 11.7. The summed E-state index contributed by atoms with van der Waals surface area (Å²) in [5.74, 6) is 0. The van der Waals surface area contributed by atoms with Crippen molar-refractivity contribution in [2.24, 2.45) is 0 Å². The van der Waals surface area contributed by atoms with E-state index in [1.807, 2.05) is 30.5 Å². The summed E-state index contributed by atoms with van der Waals surface area (Å²) >= 11 is 0. The van der Waals surface area contributed by atoms with Gasteiger partial charge in [-0.2, -0.15) is 0 Å². The molecule has 0 amide bonds. The summed E-state index contributed by atoms with van der Waals surface area (Å²) in [6.07, 6.45) is 1.95. The van der Waals surface area contributed by atoms with Crippen molar-refractivity contribution in [2.45, 2.75) is 0 Å². The van der Waals surface area contributed by atoms with E-state index in [-0.39, 0.29) is 0 Å². The average Bonchev–Trinajstić information content (AvgIpc) is 3.26. The van der Waals surface area contributed by atoms with E-state index in [4.69, 9.17) is 19.9 Å². The molecule has 0 aliphatic rings. The first kappa shape index (κ1) is 30.3. The molecule has 4 nitrogen and oxygen atoms in total. The summed E-state index contributed by atoms with van der Waals surface area (Å²) < 4.78 is 0. The van der Waals surface area contributed by atoms with Crippen LogP contribution in [-0.2, 0) is 0 Å². The van der Waals surface area contributed by atoms with E-state index in [9.17, 15) is 0 Å². The van der Waals surface area contributed by atoms with Crippen LogP contribution >= 0.6 is 0 Å². The molecule has 0 radical (unpaired) electrons. The van der Waals surface area contributed by atoms with Gasteiger partial charge < -0.3 is 0 Å². The van der Waals surface area contributed by atoms with Crippen molar-refractivity contribution >= 4 is 65.0 Å². The van der Waals surface area contributed by atoms with Crippen molar-refractivity contribution in [1.29, 1.82) is 0 Å². The smallest absolute Gasteiger partial charge is 0.0973 e. The highest BCUT2D eigenvalue weighted by Crippen LogP contribution is 2.41. The van der Waals surface area contributed by atoms with Gasteiger partial charge in [-0.3, -0.25) is 4.98 Å². The minimum absolute atomic E-state index is 0.814. The Morgan fingerprint density at radius 3 is 1.56 bits per heavy atom. The SMILES string of the molecule is c1ccc(-c2ccc3ccc4ccc(-c5ccc(-c6cccc(-c7nc8c9ccccc9c9ccccc9c8c8ccccc78)c6)cn5)nc4c3n2)cc1. The van der Waals surface area contributed by atoms with Crippen LogP contribution in [0.1, 0.15) is 0 Å². The topological polar surface area (TPSA) is 51.6 Å². The lowest BCUT2D eigenvalue weighted by molar-refractivity contribution is 1.27. The summed E-state index contributed by atoms with van der Waals surface area (Å²) in [7, 11) is 0. The van der Waals surface area contributed by atoms with Crippen LogP contribution in [0.2, 0.25) is 0 Å². The van der Waals surface area contributed by atoms with Gasteiger partial charge in [0.25, 0.3) is 0 Å². The lowest BCUT2D eigenvalue weighted by Gasteiger charge is -2.15. The molecule has 54 heavy (non-hydrogen) atoms. The van der Waals surface area contributed by atoms with Gasteiger partial charge in [-0.05, 0) is 51.4 Å². The number of nitrogens with zero attached hydrogens (tertiary/aromatic N) is 4. The Hall–Kier alpha value is -7.30. The fourth-order valence-electron chi connectivity index (χ4n) is 8.05. The third kappa shape index (κ3) is 4.85. The van der Waals surface area contributed by atoms with Gasteiger partial charge in [0.1, 0.15) is 0 Å². The highest BCUT2D eigenvalue weighted by atomic mass is 14.8. The van der Waals surface area contributed by atoms with Crippen molar-refractivity contribution in [3.63, 3.8) is 0 Å². The van der Waals surface area contributed by atoms with E-state index in [0.29, 0.717) is 0 Å². The summed E-state index contributed by atoms with van der Waals surface area (Å²) in [5.41, 5.74) is 10.6. The van der Waals surface area contributed by atoms with Crippen LogP contribution in [0.25, 0.3) is 110 Å². The van der Waals surface area contributed by atoms with E-state index in [2.05, 4.69) is 152 Å². The minimum atomic E-state index is 0.814. The number of pyridine rings is 4. The molecule has 11 rings (SSSR count). The maximum absolute atomic E-state index is 5.48. The van der Waals surface area contributed by atoms with Crippen molar-refractivity contribution in [2.75, 3.05) is 0 Å². The zero-order valence-electron chi connectivity index (χ0n) is 29.1. The van der Waals surface area contributed by atoms with Gasteiger partial charge in [0.2, 0.25) is 0 Å². The Kier molecular flexibility index (Phi) is 6.82. The lowest BCUT2D eigenvalue weighted by atomic mass is 9.92. The molecular formula is C50H30N4. The Labute approximate surface area is 311 Å². The first-order chi connectivity index (χ1) is 26.8. The third-order valence-corrected chi connectivity index (χ3v) is 10.7. The molecule has 0 spiro atoms. The molecular weight excluding hydrogens is 657 g/mol. The Morgan fingerprint density at radius 2 is 0.833 bits per heavy atom. The molecule has 4 heterocycles. The summed E-state index contributed by atoms with van der Waals surface area (Å²) in [5, 5.41) is 10.5. The average molecular weight is 687 g/mol. The second-order valence-electron chi connectivity index (χ2n) is 13.8. The van der Waals surface area contributed by atoms with Crippen molar-refractivity contribution < 1.29 is 0 Å². The first-order valence-corrected chi connectivity index (χ1v) is 18.2. The van der Waals surface area contributed by atoms with E-state index < -0.39 is 0 Å². The highest BCUT2D eigenvalue weighted by molar-refractivity contribution is 6.31. The van der Waals surface area contributed by atoms with Crippen molar-refractivity contribution in [1.82, 2.24) is 19.9 Å². The lowest BCUT2D eigenvalue weighted by Crippen LogP contribution is -1.93. The largest absolute Gasteiger partial charge is 0.254 e. The molecule has 0 atom stereocenters. The van der Waals surface area contributed by atoms with Gasteiger partial charge in [-0.15, -0.1) is 0 Å². The quantitative estimate of drug-likeness (QED) is 0.173. The molecule has 4 heteroatoms. The van der Waals surface area contributed by atoms with Crippen LogP contribution in [0.3, 0.4) is 0 Å². The van der Waals surface area contributed by atoms with E-state index >= 15 is 0 Å². The number of benzene rings is 7. The molecule has 0 aliphatic heterocycles. The maximum atomic E-state index is 5.48. The molecule has 7 aromatic carbocycles. The molecule has 0 unspecified atom stereocenters. The predicted molar refractivity (Wildman–Crippen MR) is 224 cm³/mol. The second-order valence-corrected chi connectivity index (χ2v) is 13.8. The molecule has 0 saturated carbocycles. The van der Waals surface area contributed by atoms with E-state index in [1.165, 1.54) is 26.9 Å². The van der Waals surface area contributed by atoms with Crippen LogP contribution < -0.4 is 0 Å². The fraction of sp³-hybridized carbons (Fsp3) is 0. The van der Waals surface area contributed by atoms with Gasteiger partial charge in [0, 0.05) is 49.8 Å². The standard InChI is InChI=1S/C50H30N4/c1-2-11-31(12-3-1)43-26-23-32-21-22-33-24-28-45(53-49(33)48(32)52-43)44-27-25-36(30-51-44)34-13-10-14-35(29-34)47-42-20-9-7-18-40(42)46-39-17-6-4-15-37(39)38-16-5-8-19-41(38)50(46)54-47/h1-30H. The van der Waals surface area contributed by atoms with Crippen LogP contribution in [0.4, 0.5) is 0 Å². The van der Waals surface area contributed by atoms with Crippen molar-refractivity contribution in [3.05, 3.63) is 182 Å². The van der Waals surface area contributed by atoms with Gasteiger partial charge in [0.15, 0.2) is 0 Å². The third-order valence-electron chi connectivity index (χ3n) is 10.7. The van der Waals surface area contributed by atoms with Gasteiger partial charge in [-0.25, -0.2) is 15.0 Å². The number of rotatable bonds is 4. The molecule has 0 fully saturated rings. The molecule has 0 bridgehead atoms. The number of aromatic nitrogens is 4. The molecule has 250 valence electrons. The van der Waals surface area contributed by atoms with Crippen LogP contribution in [0, 0.1) is 0 Å². The Morgan fingerprint density at radius 1 is 0.296 bits per heavy atom. The molecule has 0 saturated heterocycles. The Bertz CT molecular complexity index is 3260. The fourth-order valence-corrected chi connectivity index (χ4v) is 8.05. The molecule has 11 aromatic rings. The molecule has 0 N–H and O–H groups in total. The predicted octanol–water partition coefficient (Wildman–Crippen LogP) is 12.9. The van der Waals surface area contributed by atoms with Gasteiger partial charge in [-0.1, -0.05) is 152 Å². The summed E-state index contributed by atoms with van der Waals surface area (Å²) in [4.78, 5) is 20.6. The summed E-state index contributed by atoms with van der Waals surface area (Å²) in [6.45, 7) is 0. The monoisotopic (exact) mass is 686 g/mol.